The molecule has 2 heterocycles. The quantitative estimate of drug-likeness (QED) is 0.519. The Morgan fingerprint density at radius 3 is 2.48 bits per heavy atom. The van der Waals surface area contributed by atoms with Gasteiger partial charge in [-0.25, -0.2) is 4.68 Å². The summed E-state index contributed by atoms with van der Waals surface area (Å²) in [5, 5.41) is 16.4. The first-order valence-corrected chi connectivity index (χ1v) is 10.3. The van der Waals surface area contributed by atoms with Crippen LogP contribution in [-0.2, 0) is 0 Å². The van der Waals surface area contributed by atoms with Crippen molar-refractivity contribution in [2.45, 2.75) is 25.8 Å². The molecule has 4 rings (SSSR count). The summed E-state index contributed by atoms with van der Waals surface area (Å²) in [6, 6.07) is 19.5. The fraction of sp³-hybridized carbons (Fsp3) is 0.182. The Kier molecular flexibility index (Phi) is 5.48. The molecule has 29 heavy (non-hydrogen) atoms. The number of nitrogens with one attached hydrogen (secondary N) is 1. The second kappa shape index (κ2) is 8.36. The van der Waals surface area contributed by atoms with Gasteiger partial charge in [0, 0.05) is 10.4 Å². The van der Waals surface area contributed by atoms with Gasteiger partial charge in [-0.1, -0.05) is 50.2 Å². The molecule has 2 aromatic heterocycles. The summed E-state index contributed by atoms with van der Waals surface area (Å²) >= 11 is 1.63. The van der Waals surface area contributed by atoms with E-state index < -0.39 is 0 Å². The summed E-state index contributed by atoms with van der Waals surface area (Å²) in [6.07, 6.45) is 1.50. The molecule has 0 bridgehead atoms. The number of carbonyl (C=O) groups is 1. The van der Waals surface area contributed by atoms with Crippen molar-refractivity contribution in [2.75, 3.05) is 0 Å². The third-order valence-electron chi connectivity index (χ3n) is 4.76. The molecule has 0 radical (unpaired) electrons. The standard InChI is InChI=1S/C22H21N5OS/c1-15(2)16-8-10-17(11-9-16)21(20-7-4-12-29-20)24-22(28)18-5-3-6-19(13-18)27-14-23-25-26-27/h3-15,21H,1-2H3,(H,24,28)/t21-/m0/s1. The van der Waals surface area contributed by atoms with E-state index in [0.29, 0.717) is 11.5 Å². The van der Waals surface area contributed by atoms with E-state index in [0.717, 1.165) is 16.1 Å². The first kappa shape index (κ1) is 19.0. The van der Waals surface area contributed by atoms with Crippen LogP contribution in [0.1, 0.15) is 52.2 Å². The summed E-state index contributed by atoms with van der Waals surface area (Å²) in [5.74, 6) is 0.319. The van der Waals surface area contributed by atoms with Crippen LogP contribution in [0.3, 0.4) is 0 Å². The molecule has 0 aliphatic carbocycles. The van der Waals surface area contributed by atoms with Gasteiger partial charge < -0.3 is 5.32 Å². The number of carbonyl (C=O) groups excluding carboxylic acids is 1. The average molecular weight is 404 g/mol. The molecule has 0 aliphatic heterocycles. The van der Waals surface area contributed by atoms with E-state index in [-0.39, 0.29) is 11.9 Å². The molecular weight excluding hydrogens is 382 g/mol. The van der Waals surface area contributed by atoms with Gasteiger partial charge in [0.2, 0.25) is 0 Å². The molecule has 6 nitrogen and oxygen atoms in total. The molecule has 0 aliphatic rings. The molecule has 0 fully saturated rings. The highest BCUT2D eigenvalue weighted by molar-refractivity contribution is 7.10. The molecule has 0 saturated heterocycles. The van der Waals surface area contributed by atoms with Crippen LogP contribution in [0.2, 0.25) is 0 Å². The molecule has 0 saturated carbocycles. The van der Waals surface area contributed by atoms with Crippen LogP contribution in [0.5, 0.6) is 0 Å². The lowest BCUT2D eigenvalue weighted by Crippen LogP contribution is -2.29. The number of benzene rings is 2. The van der Waals surface area contributed by atoms with Gasteiger partial charge in [0.1, 0.15) is 6.33 Å². The monoisotopic (exact) mass is 403 g/mol. The Labute approximate surface area is 173 Å². The molecule has 4 aromatic rings. The van der Waals surface area contributed by atoms with Crippen LogP contribution in [-0.4, -0.2) is 26.1 Å². The topological polar surface area (TPSA) is 72.7 Å². The zero-order valence-electron chi connectivity index (χ0n) is 16.2. The highest BCUT2D eigenvalue weighted by atomic mass is 32.1. The Bertz CT molecular complexity index is 1070. The minimum Gasteiger partial charge on any atom is -0.340 e. The number of hydrogen-bond acceptors (Lipinski definition) is 5. The van der Waals surface area contributed by atoms with Gasteiger partial charge in [-0.3, -0.25) is 4.79 Å². The maximum atomic E-state index is 13.1. The lowest BCUT2D eigenvalue weighted by atomic mass is 9.98. The van der Waals surface area contributed by atoms with Crippen molar-refractivity contribution in [2.24, 2.45) is 0 Å². The number of rotatable bonds is 6. The molecule has 0 spiro atoms. The predicted octanol–water partition coefficient (Wildman–Crippen LogP) is 4.37. The number of thiophene rings is 1. The first-order chi connectivity index (χ1) is 14.1. The molecular formula is C22H21N5OS. The van der Waals surface area contributed by atoms with Crippen molar-refractivity contribution in [3.05, 3.63) is 93.9 Å². The van der Waals surface area contributed by atoms with Crippen LogP contribution in [0.25, 0.3) is 5.69 Å². The molecule has 146 valence electrons. The summed E-state index contributed by atoms with van der Waals surface area (Å²) in [6.45, 7) is 4.34. The maximum Gasteiger partial charge on any atom is 0.252 e. The number of amides is 1. The summed E-state index contributed by atoms with van der Waals surface area (Å²) in [5.41, 5.74) is 3.62. The normalized spacial score (nSPS) is 12.1. The van der Waals surface area contributed by atoms with Crippen LogP contribution in [0, 0.1) is 0 Å². The van der Waals surface area contributed by atoms with E-state index in [2.05, 4.69) is 59.0 Å². The van der Waals surface area contributed by atoms with E-state index in [1.165, 1.54) is 16.6 Å². The van der Waals surface area contributed by atoms with E-state index in [9.17, 15) is 4.79 Å². The van der Waals surface area contributed by atoms with Gasteiger partial charge in [0.25, 0.3) is 5.91 Å². The lowest BCUT2D eigenvalue weighted by Gasteiger charge is -2.19. The Hall–Kier alpha value is -3.32. The Morgan fingerprint density at radius 1 is 1.03 bits per heavy atom. The number of nitrogens with zero attached hydrogens (tertiary/aromatic N) is 4. The van der Waals surface area contributed by atoms with Gasteiger partial charge in [-0.05, 0) is 57.1 Å². The fourth-order valence-electron chi connectivity index (χ4n) is 3.13. The highest BCUT2D eigenvalue weighted by Crippen LogP contribution is 2.28. The summed E-state index contributed by atoms with van der Waals surface area (Å²) in [7, 11) is 0. The minimum absolute atomic E-state index is 0.147. The number of tetrazole rings is 1. The van der Waals surface area contributed by atoms with Gasteiger partial charge >= 0.3 is 0 Å². The SMILES string of the molecule is CC(C)c1ccc([C@H](NC(=O)c2cccc(-n3cnnn3)c2)c2cccs2)cc1. The summed E-state index contributed by atoms with van der Waals surface area (Å²) < 4.78 is 1.53. The zero-order valence-corrected chi connectivity index (χ0v) is 17.0. The van der Waals surface area contributed by atoms with Crippen molar-refractivity contribution in [1.29, 1.82) is 0 Å². The minimum atomic E-state index is -0.208. The molecule has 0 unspecified atom stereocenters. The molecule has 7 heteroatoms. The van der Waals surface area contributed by atoms with E-state index in [1.807, 2.05) is 29.6 Å². The number of hydrogen-bond donors (Lipinski definition) is 1. The third kappa shape index (κ3) is 4.25. The smallest absolute Gasteiger partial charge is 0.252 e. The van der Waals surface area contributed by atoms with Crippen molar-refractivity contribution in [3.63, 3.8) is 0 Å². The largest absolute Gasteiger partial charge is 0.340 e. The van der Waals surface area contributed by atoms with Crippen molar-refractivity contribution < 1.29 is 4.79 Å². The predicted molar refractivity (Wildman–Crippen MR) is 113 cm³/mol. The average Bonchev–Trinajstić information content (AvgIpc) is 3.46. The first-order valence-electron chi connectivity index (χ1n) is 9.39. The summed E-state index contributed by atoms with van der Waals surface area (Å²) in [4.78, 5) is 14.1. The second-order valence-electron chi connectivity index (χ2n) is 7.05. The molecule has 1 atom stereocenters. The number of aromatic nitrogens is 4. The fourth-order valence-corrected chi connectivity index (χ4v) is 3.93. The van der Waals surface area contributed by atoms with E-state index in [1.54, 1.807) is 23.5 Å². The van der Waals surface area contributed by atoms with Crippen molar-refractivity contribution in [1.82, 2.24) is 25.5 Å². The van der Waals surface area contributed by atoms with Gasteiger partial charge in [0.15, 0.2) is 0 Å². The van der Waals surface area contributed by atoms with E-state index >= 15 is 0 Å². The maximum absolute atomic E-state index is 13.1. The van der Waals surface area contributed by atoms with Gasteiger partial charge in [0.05, 0.1) is 11.7 Å². The molecule has 2 aromatic carbocycles. The third-order valence-corrected chi connectivity index (χ3v) is 5.70. The van der Waals surface area contributed by atoms with Crippen molar-refractivity contribution in [3.8, 4) is 5.69 Å². The van der Waals surface area contributed by atoms with Crippen LogP contribution >= 0.6 is 11.3 Å². The van der Waals surface area contributed by atoms with Crippen LogP contribution in [0.4, 0.5) is 0 Å². The van der Waals surface area contributed by atoms with Gasteiger partial charge in [-0.15, -0.1) is 16.4 Å². The second-order valence-corrected chi connectivity index (χ2v) is 8.03. The van der Waals surface area contributed by atoms with Crippen LogP contribution in [0.15, 0.2) is 72.4 Å². The van der Waals surface area contributed by atoms with Crippen LogP contribution < -0.4 is 5.32 Å². The van der Waals surface area contributed by atoms with E-state index in [4.69, 9.17) is 0 Å². The Morgan fingerprint density at radius 2 is 1.83 bits per heavy atom. The van der Waals surface area contributed by atoms with Crippen molar-refractivity contribution >= 4 is 17.2 Å². The molecule has 1 N–H and O–H groups in total. The lowest BCUT2D eigenvalue weighted by molar-refractivity contribution is 0.0943. The Balaban J connectivity index is 1.61. The van der Waals surface area contributed by atoms with Gasteiger partial charge in [-0.2, -0.15) is 0 Å². The molecule has 1 amide bonds. The highest BCUT2D eigenvalue weighted by Gasteiger charge is 2.19. The zero-order chi connectivity index (χ0) is 20.2.